The quantitative estimate of drug-likeness (QED) is 0.263. The fourth-order valence-electron chi connectivity index (χ4n) is 4.33. The number of carbonyl (C=O) groups excluding carboxylic acids is 2. The Labute approximate surface area is 245 Å². The Morgan fingerprint density at radius 2 is 1.60 bits per heavy atom. The summed E-state index contributed by atoms with van der Waals surface area (Å²) in [5.41, 5.74) is 1.03. The number of anilines is 1. The molecule has 226 valence electrons. The molecule has 0 aromatic heterocycles. The second kappa shape index (κ2) is 13.9. The molecule has 3 rings (SSSR count). The van der Waals surface area contributed by atoms with Crippen molar-refractivity contribution >= 4 is 27.5 Å². The number of nitrogens with zero attached hydrogens (tertiary/aromatic N) is 2. The van der Waals surface area contributed by atoms with Gasteiger partial charge in [-0.15, -0.1) is 0 Å². The highest BCUT2D eigenvalue weighted by atomic mass is 32.2. The molecule has 0 saturated heterocycles. The van der Waals surface area contributed by atoms with Gasteiger partial charge in [0.25, 0.3) is 10.0 Å². The van der Waals surface area contributed by atoms with Crippen molar-refractivity contribution in [3.8, 4) is 0 Å². The van der Waals surface area contributed by atoms with Crippen molar-refractivity contribution in [3.63, 3.8) is 0 Å². The Morgan fingerprint density at radius 1 is 0.929 bits per heavy atom. The average molecular weight is 604 g/mol. The van der Waals surface area contributed by atoms with Gasteiger partial charge in [0.2, 0.25) is 11.8 Å². The van der Waals surface area contributed by atoms with Crippen molar-refractivity contribution in [2.45, 2.75) is 64.2 Å². The summed E-state index contributed by atoms with van der Waals surface area (Å²) in [5, 5.41) is 2.80. The molecule has 1 atom stereocenters. The van der Waals surface area contributed by atoms with Crippen LogP contribution in [0.5, 0.6) is 0 Å². The van der Waals surface area contributed by atoms with Crippen LogP contribution in [0.1, 0.15) is 48.9 Å². The third kappa shape index (κ3) is 8.34. The summed E-state index contributed by atoms with van der Waals surface area (Å²) >= 11 is 0. The lowest BCUT2D eigenvalue weighted by Gasteiger charge is -2.32. The molecule has 2 amide bonds. The van der Waals surface area contributed by atoms with E-state index in [-0.39, 0.29) is 17.1 Å². The van der Waals surface area contributed by atoms with Gasteiger partial charge >= 0.3 is 6.18 Å². The lowest BCUT2D eigenvalue weighted by molar-refractivity contribution is -0.139. The number of halogens is 3. The first kappa shape index (κ1) is 32.7. The molecule has 1 N–H and O–H groups in total. The van der Waals surface area contributed by atoms with E-state index in [4.69, 9.17) is 0 Å². The lowest BCUT2D eigenvalue weighted by Crippen LogP contribution is -2.51. The van der Waals surface area contributed by atoms with Crippen LogP contribution < -0.4 is 9.62 Å². The smallest absolute Gasteiger partial charge is 0.354 e. The molecule has 42 heavy (non-hydrogen) atoms. The van der Waals surface area contributed by atoms with E-state index in [1.54, 1.807) is 31.2 Å². The van der Waals surface area contributed by atoms with E-state index in [1.807, 2.05) is 26.0 Å². The van der Waals surface area contributed by atoms with Crippen molar-refractivity contribution in [1.82, 2.24) is 10.2 Å². The van der Waals surface area contributed by atoms with Gasteiger partial charge in [0.15, 0.2) is 0 Å². The molecule has 7 nitrogen and oxygen atoms in total. The molecule has 11 heteroatoms. The van der Waals surface area contributed by atoms with Gasteiger partial charge in [0.1, 0.15) is 12.6 Å². The molecule has 0 spiro atoms. The standard InChI is InChI=1S/C31H36F3N3O4S/c1-5-6-17-35-30(39)24(4)36(20-25-10-7-9-23(3)18-25)29(38)21-37(27-12-8-11-26(19-27)31(32,33)34)42(40,41)28-15-13-22(2)14-16-28/h7-16,18-19,24H,5-6,17,20-21H2,1-4H3,(H,35,39)/t24-/m1/s1. The van der Waals surface area contributed by atoms with Crippen LogP contribution in [-0.4, -0.2) is 44.3 Å². The van der Waals surface area contributed by atoms with Gasteiger partial charge in [-0.2, -0.15) is 13.2 Å². The SMILES string of the molecule is CCCCNC(=O)[C@@H](C)N(Cc1cccc(C)c1)C(=O)CN(c1cccc(C(F)(F)F)c1)S(=O)(=O)c1ccc(C)cc1. The predicted molar refractivity (Wildman–Crippen MR) is 156 cm³/mol. The monoisotopic (exact) mass is 603 g/mol. The molecule has 0 heterocycles. The summed E-state index contributed by atoms with van der Waals surface area (Å²) in [6, 6.07) is 15.9. The topological polar surface area (TPSA) is 86.8 Å². The fourth-order valence-corrected chi connectivity index (χ4v) is 5.74. The third-order valence-electron chi connectivity index (χ3n) is 6.78. The zero-order valence-corrected chi connectivity index (χ0v) is 24.9. The summed E-state index contributed by atoms with van der Waals surface area (Å²) in [6.07, 6.45) is -3.15. The van der Waals surface area contributed by atoms with Gasteiger partial charge in [-0.3, -0.25) is 13.9 Å². The second-order valence-corrected chi connectivity index (χ2v) is 12.1. The van der Waals surface area contributed by atoms with Gasteiger partial charge in [-0.05, 0) is 63.1 Å². The van der Waals surface area contributed by atoms with Gasteiger partial charge in [-0.25, -0.2) is 8.42 Å². The number of benzene rings is 3. The molecule has 0 radical (unpaired) electrons. The van der Waals surface area contributed by atoms with E-state index >= 15 is 0 Å². The summed E-state index contributed by atoms with van der Waals surface area (Å²) < 4.78 is 69.1. The van der Waals surface area contributed by atoms with Crippen LogP contribution in [0.25, 0.3) is 0 Å². The number of rotatable bonds is 12. The molecular formula is C31H36F3N3O4S. The van der Waals surface area contributed by atoms with E-state index in [2.05, 4.69) is 5.32 Å². The van der Waals surface area contributed by atoms with Crippen LogP contribution in [-0.2, 0) is 32.3 Å². The normalized spacial score (nSPS) is 12.5. The number of aryl methyl sites for hydroxylation is 2. The van der Waals surface area contributed by atoms with Crippen molar-refractivity contribution in [3.05, 3.63) is 95.1 Å². The van der Waals surface area contributed by atoms with Crippen molar-refractivity contribution in [2.24, 2.45) is 0 Å². The number of hydrogen-bond donors (Lipinski definition) is 1. The maximum absolute atomic E-state index is 13.9. The highest BCUT2D eigenvalue weighted by Gasteiger charge is 2.35. The zero-order valence-electron chi connectivity index (χ0n) is 24.1. The van der Waals surface area contributed by atoms with Crippen LogP contribution in [0, 0.1) is 13.8 Å². The molecule has 0 aliphatic heterocycles. The molecular weight excluding hydrogens is 567 g/mol. The molecule has 0 aliphatic rings. The first-order valence-corrected chi connectivity index (χ1v) is 15.1. The number of alkyl halides is 3. The number of carbonyl (C=O) groups is 2. The van der Waals surface area contributed by atoms with E-state index in [0.717, 1.165) is 36.1 Å². The Hall–Kier alpha value is -3.86. The fraction of sp³-hybridized carbons (Fsp3) is 0.355. The minimum atomic E-state index is -4.73. The van der Waals surface area contributed by atoms with E-state index in [9.17, 15) is 31.2 Å². The van der Waals surface area contributed by atoms with E-state index < -0.39 is 46.2 Å². The molecule has 0 fully saturated rings. The van der Waals surface area contributed by atoms with Crippen molar-refractivity contribution in [1.29, 1.82) is 0 Å². The van der Waals surface area contributed by atoms with E-state index in [0.29, 0.717) is 22.5 Å². The highest BCUT2D eigenvalue weighted by Crippen LogP contribution is 2.33. The molecule has 0 aliphatic carbocycles. The van der Waals surface area contributed by atoms with Gasteiger partial charge in [-0.1, -0.05) is 66.9 Å². The van der Waals surface area contributed by atoms with Gasteiger partial charge in [0.05, 0.1) is 16.1 Å². The zero-order chi connectivity index (χ0) is 31.1. The van der Waals surface area contributed by atoms with Crippen LogP contribution in [0.3, 0.4) is 0 Å². The predicted octanol–water partition coefficient (Wildman–Crippen LogP) is 5.85. The molecule has 3 aromatic carbocycles. The van der Waals surface area contributed by atoms with Crippen molar-refractivity contribution in [2.75, 3.05) is 17.4 Å². The van der Waals surface area contributed by atoms with Crippen LogP contribution in [0.15, 0.2) is 77.7 Å². The Morgan fingerprint density at radius 3 is 2.21 bits per heavy atom. The molecule has 0 saturated carbocycles. The number of amides is 2. The number of nitrogens with one attached hydrogen (secondary N) is 1. The first-order valence-electron chi connectivity index (χ1n) is 13.6. The molecule has 3 aromatic rings. The maximum atomic E-state index is 13.9. The Bertz CT molecular complexity index is 1490. The summed E-state index contributed by atoms with van der Waals surface area (Å²) in [5.74, 6) is -1.17. The van der Waals surface area contributed by atoms with Gasteiger partial charge < -0.3 is 10.2 Å². The number of hydrogen-bond acceptors (Lipinski definition) is 4. The Balaban J connectivity index is 2.07. The Kier molecular flexibility index (Phi) is 10.8. The van der Waals surface area contributed by atoms with E-state index in [1.165, 1.54) is 30.0 Å². The lowest BCUT2D eigenvalue weighted by atomic mass is 10.1. The highest BCUT2D eigenvalue weighted by molar-refractivity contribution is 7.92. The molecule has 0 unspecified atom stereocenters. The average Bonchev–Trinajstić information content (AvgIpc) is 2.94. The number of sulfonamides is 1. The van der Waals surface area contributed by atoms with Crippen LogP contribution in [0.2, 0.25) is 0 Å². The van der Waals surface area contributed by atoms with Gasteiger partial charge in [0, 0.05) is 13.1 Å². The third-order valence-corrected chi connectivity index (χ3v) is 8.57. The minimum Gasteiger partial charge on any atom is -0.354 e. The van der Waals surface area contributed by atoms with Crippen molar-refractivity contribution < 1.29 is 31.2 Å². The number of unbranched alkanes of at least 4 members (excludes halogenated alkanes) is 1. The summed E-state index contributed by atoms with van der Waals surface area (Å²) in [6.45, 7) is 6.73. The van der Waals surface area contributed by atoms with Crippen LogP contribution >= 0.6 is 0 Å². The largest absolute Gasteiger partial charge is 0.416 e. The first-order chi connectivity index (χ1) is 19.7. The summed E-state index contributed by atoms with van der Waals surface area (Å²) in [4.78, 5) is 28.0. The van der Waals surface area contributed by atoms with Crippen LogP contribution in [0.4, 0.5) is 18.9 Å². The summed E-state index contributed by atoms with van der Waals surface area (Å²) in [7, 11) is -4.49. The molecule has 0 bridgehead atoms. The minimum absolute atomic E-state index is 0.0100. The second-order valence-electron chi connectivity index (χ2n) is 10.2. The maximum Gasteiger partial charge on any atom is 0.416 e.